The molecule has 0 aliphatic carbocycles. The standard InChI is InChI=1S/C16H30N4/c1-5-9-17-10-15-11-18-12-16(19-15)20(8-4)13-14(6-2)7-3/h11-12,14,17H,5-10,13H2,1-4H3. The van der Waals surface area contributed by atoms with Gasteiger partial charge in [0.05, 0.1) is 11.9 Å². The van der Waals surface area contributed by atoms with Gasteiger partial charge in [0.25, 0.3) is 0 Å². The number of hydrogen-bond acceptors (Lipinski definition) is 4. The van der Waals surface area contributed by atoms with Crippen molar-refractivity contribution in [3.8, 4) is 0 Å². The third-order valence-electron chi connectivity index (χ3n) is 3.74. The van der Waals surface area contributed by atoms with Crippen LogP contribution in [0.5, 0.6) is 0 Å². The zero-order valence-corrected chi connectivity index (χ0v) is 13.5. The molecule has 4 nitrogen and oxygen atoms in total. The first-order valence-electron chi connectivity index (χ1n) is 8.01. The van der Waals surface area contributed by atoms with Gasteiger partial charge in [-0.15, -0.1) is 0 Å². The normalized spacial score (nSPS) is 11.1. The number of anilines is 1. The summed E-state index contributed by atoms with van der Waals surface area (Å²) in [5.74, 6) is 1.74. The highest BCUT2D eigenvalue weighted by molar-refractivity contribution is 5.36. The minimum Gasteiger partial charge on any atom is -0.355 e. The Labute approximate surface area is 124 Å². The minimum absolute atomic E-state index is 0.735. The molecule has 0 saturated carbocycles. The summed E-state index contributed by atoms with van der Waals surface area (Å²) < 4.78 is 0. The highest BCUT2D eigenvalue weighted by Crippen LogP contribution is 2.15. The van der Waals surface area contributed by atoms with E-state index in [1.54, 1.807) is 0 Å². The molecule has 0 bridgehead atoms. The highest BCUT2D eigenvalue weighted by atomic mass is 15.2. The Kier molecular flexibility index (Phi) is 8.19. The van der Waals surface area contributed by atoms with E-state index >= 15 is 0 Å². The third kappa shape index (κ3) is 5.45. The lowest BCUT2D eigenvalue weighted by Gasteiger charge is -2.26. The Hall–Kier alpha value is -1.16. The lowest BCUT2D eigenvalue weighted by Crippen LogP contribution is -2.30. The van der Waals surface area contributed by atoms with Crippen LogP contribution in [0.3, 0.4) is 0 Å². The number of nitrogens with zero attached hydrogens (tertiary/aromatic N) is 3. The monoisotopic (exact) mass is 278 g/mol. The van der Waals surface area contributed by atoms with E-state index in [-0.39, 0.29) is 0 Å². The number of rotatable bonds is 10. The predicted octanol–water partition coefficient (Wildman–Crippen LogP) is 3.24. The summed E-state index contributed by atoms with van der Waals surface area (Å²) in [6.45, 7) is 12.8. The van der Waals surface area contributed by atoms with Crippen molar-refractivity contribution < 1.29 is 0 Å². The lowest BCUT2D eigenvalue weighted by molar-refractivity contribution is 0.484. The largest absolute Gasteiger partial charge is 0.355 e. The van der Waals surface area contributed by atoms with Gasteiger partial charge in [-0.05, 0) is 25.8 Å². The molecular formula is C16H30N4. The maximum atomic E-state index is 4.74. The first-order valence-corrected chi connectivity index (χ1v) is 8.01. The van der Waals surface area contributed by atoms with Gasteiger partial charge >= 0.3 is 0 Å². The van der Waals surface area contributed by atoms with Crippen molar-refractivity contribution in [1.29, 1.82) is 0 Å². The van der Waals surface area contributed by atoms with Crippen LogP contribution in [-0.2, 0) is 6.54 Å². The highest BCUT2D eigenvalue weighted by Gasteiger charge is 2.12. The molecule has 0 aliphatic rings. The van der Waals surface area contributed by atoms with Crippen LogP contribution in [0.4, 0.5) is 5.82 Å². The summed E-state index contributed by atoms with van der Waals surface area (Å²) in [5, 5.41) is 3.38. The summed E-state index contributed by atoms with van der Waals surface area (Å²) >= 11 is 0. The van der Waals surface area contributed by atoms with E-state index in [2.05, 4.69) is 42.9 Å². The van der Waals surface area contributed by atoms with Crippen LogP contribution in [0.15, 0.2) is 12.4 Å². The smallest absolute Gasteiger partial charge is 0.147 e. The van der Waals surface area contributed by atoms with Gasteiger partial charge in [0.2, 0.25) is 0 Å². The van der Waals surface area contributed by atoms with Gasteiger partial charge in [0, 0.05) is 25.8 Å². The van der Waals surface area contributed by atoms with E-state index in [1.807, 2.05) is 12.4 Å². The summed E-state index contributed by atoms with van der Waals surface area (Å²) in [6.07, 6.45) is 7.32. The summed E-state index contributed by atoms with van der Waals surface area (Å²) in [5.41, 5.74) is 1.03. The number of hydrogen-bond donors (Lipinski definition) is 1. The van der Waals surface area contributed by atoms with Crippen LogP contribution in [0.2, 0.25) is 0 Å². The van der Waals surface area contributed by atoms with Crippen LogP contribution in [-0.4, -0.2) is 29.6 Å². The van der Waals surface area contributed by atoms with Crippen LogP contribution < -0.4 is 10.2 Å². The average Bonchev–Trinajstić information content (AvgIpc) is 2.49. The number of nitrogens with one attached hydrogen (secondary N) is 1. The van der Waals surface area contributed by atoms with Crippen molar-refractivity contribution in [2.24, 2.45) is 5.92 Å². The van der Waals surface area contributed by atoms with Gasteiger partial charge in [-0.2, -0.15) is 0 Å². The Morgan fingerprint density at radius 1 is 1.15 bits per heavy atom. The van der Waals surface area contributed by atoms with Gasteiger partial charge in [0.15, 0.2) is 0 Å². The lowest BCUT2D eigenvalue weighted by atomic mass is 10.0. The number of aromatic nitrogens is 2. The molecule has 0 aliphatic heterocycles. The van der Waals surface area contributed by atoms with E-state index < -0.39 is 0 Å². The molecule has 0 spiro atoms. The summed E-state index contributed by atoms with van der Waals surface area (Å²) in [4.78, 5) is 11.4. The Morgan fingerprint density at radius 2 is 1.90 bits per heavy atom. The molecule has 0 radical (unpaired) electrons. The fourth-order valence-corrected chi connectivity index (χ4v) is 2.27. The summed E-state index contributed by atoms with van der Waals surface area (Å²) in [6, 6.07) is 0. The fraction of sp³-hybridized carbons (Fsp3) is 0.750. The van der Waals surface area contributed by atoms with Crippen molar-refractivity contribution in [1.82, 2.24) is 15.3 Å². The molecule has 0 fully saturated rings. The first-order chi connectivity index (χ1) is 9.74. The van der Waals surface area contributed by atoms with Crippen molar-refractivity contribution in [3.63, 3.8) is 0 Å². The second kappa shape index (κ2) is 9.70. The predicted molar refractivity (Wildman–Crippen MR) is 86.0 cm³/mol. The zero-order chi connectivity index (χ0) is 14.8. The molecule has 0 amide bonds. The molecular weight excluding hydrogens is 248 g/mol. The average molecular weight is 278 g/mol. The van der Waals surface area contributed by atoms with Crippen molar-refractivity contribution in [3.05, 3.63) is 18.1 Å². The molecule has 1 rings (SSSR count). The van der Waals surface area contributed by atoms with E-state index in [4.69, 9.17) is 4.98 Å². The SMILES string of the molecule is CCCNCc1cncc(N(CC)CC(CC)CC)n1. The molecule has 1 heterocycles. The molecule has 4 heteroatoms. The quantitative estimate of drug-likeness (QED) is 0.667. The van der Waals surface area contributed by atoms with Gasteiger partial charge in [-0.1, -0.05) is 33.6 Å². The maximum Gasteiger partial charge on any atom is 0.147 e. The second-order valence-electron chi connectivity index (χ2n) is 5.27. The van der Waals surface area contributed by atoms with E-state index in [9.17, 15) is 0 Å². The van der Waals surface area contributed by atoms with Crippen molar-refractivity contribution in [2.45, 2.75) is 53.5 Å². The molecule has 0 saturated heterocycles. The molecule has 1 aromatic rings. The Balaban J connectivity index is 2.69. The molecule has 1 aromatic heterocycles. The molecule has 0 unspecified atom stereocenters. The van der Waals surface area contributed by atoms with Crippen molar-refractivity contribution in [2.75, 3.05) is 24.5 Å². The Morgan fingerprint density at radius 3 is 2.50 bits per heavy atom. The second-order valence-corrected chi connectivity index (χ2v) is 5.27. The van der Waals surface area contributed by atoms with Crippen LogP contribution >= 0.6 is 0 Å². The van der Waals surface area contributed by atoms with Crippen LogP contribution in [0.25, 0.3) is 0 Å². The molecule has 0 atom stereocenters. The maximum absolute atomic E-state index is 4.74. The molecule has 20 heavy (non-hydrogen) atoms. The fourth-order valence-electron chi connectivity index (χ4n) is 2.27. The van der Waals surface area contributed by atoms with Crippen molar-refractivity contribution >= 4 is 5.82 Å². The van der Waals surface area contributed by atoms with Gasteiger partial charge in [-0.3, -0.25) is 4.98 Å². The van der Waals surface area contributed by atoms with E-state index in [0.717, 1.165) is 50.0 Å². The van der Waals surface area contributed by atoms with E-state index in [0.29, 0.717) is 0 Å². The zero-order valence-electron chi connectivity index (χ0n) is 13.5. The minimum atomic E-state index is 0.735. The molecule has 1 N–H and O–H groups in total. The molecule has 114 valence electrons. The summed E-state index contributed by atoms with van der Waals surface area (Å²) in [7, 11) is 0. The topological polar surface area (TPSA) is 41.1 Å². The van der Waals surface area contributed by atoms with Gasteiger partial charge in [0.1, 0.15) is 5.82 Å². The first kappa shape index (κ1) is 16.9. The van der Waals surface area contributed by atoms with Gasteiger partial charge in [-0.25, -0.2) is 4.98 Å². The third-order valence-corrected chi connectivity index (χ3v) is 3.74. The van der Waals surface area contributed by atoms with Gasteiger partial charge < -0.3 is 10.2 Å². The van der Waals surface area contributed by atoms with E-state index in [1.165, 1.54) is 12.8 Å². The van der Waals surface area contributed by atoms with Crippen LogP contribution in [0, 0.1) is 5.92 Å². The Bertz CT molecular complexity index is 363. The molecule has 0 aromatic carbocycles. The van der Waals surface area contributed by atoms with Crippen LogP contribution in [0.1, 0.15) is 52.7 Å².